The third kappa shape index (κ3) is 4.88. The van der Waals surface area contributed by atoms with Gasteiger partial charge < -0.3 is 10.1 Å². The molecule has 0 aliphatic rings. The highest BCUT2D eigenvalue weighted by Gasteiger charge is 2.17. The summed E-state index contributed by atoms with van der Waals surface area (Å²) in [4.78, 5) is 9.68. The van der Waals surface area contributed by atoms with Gasteiger partial charge in [-0.25, -0.2) is 4.39 Å². The highest BCUT2D eigenvalue weighted by molar-refractivity contribution is 5.37. The van der Waals surface area contributed by atoms with Crippen molar-refractivity contribution in [3.05, 3.63) is 39.4 Å². The van der Waals surface area contributed by atoms with E-state index in [1.807, 2.05) is 0 Å². The van der Waals surface area contributed by atoms with Crippen LogP contribution in [-0.2, 0) is 11.3 Å². The molecule has 0 aliphatic heterocycles. The molecule has 0 aliphatic carbocycles. The average Bonchev–Trinajstić information content (AvgIpc) is 2.35. The van der Waals surface area contributed by atoms with Crippen molar-refractivity contribution >= 4 is 5.69 Å². The Morgan fingerprint density at radius 2 is 2.05 bits per heavy atom. The van der Waals surface area contributed by atoms with Gasteiger partial charge in [0, 0.05) is 38.0 Å². The molecule has 0 saturated heterocycles. The highest BCUT2D eigenvalue weighted by Crippen LogP contribution is 2.21. The minimum atomic E-state index is -1.16. The molecule has 1 rings (SSSR count). The quantitative estimate of drug-likeness (QED) is 0.449. The first-order valence-corrected chi connectivity index (χ1v) is 5.88. The van der Waals surface area contributed by atoms with Gasteiger partial charge in [-0.1, -0.05) is 0 Å². The summed E-state index contributed by atoms with van der Waals surface area (Å²) in [5.74, 6) is -1.95. The monoisotopic (exact) mass is 274 g/mol. The predicted octanol–water partition coefficient (Wildman–Crippen LogP) is 2.39. The van der Waals surface area contributed by atoms with Crippen molar-refractivity contribution in [3.8, 4) is 0 Å². The number of nitro groups is 1. The maximum absolute atomic E-state index is 13.4. The first kappa shape index (κ1) is 15.5. The van der Waals surface area contributed by atoms with Gasteiger partial charge in [0.2, 0.25) is 5.82 Å². The van der Waals surface area contributed by atoms with E-state index in [0.717, 1.165) is 18.9 Å². The summed E-state index contributed by atoms with van der Waals surface area (Å²) < 4.78 is 31.4. The largest absolute Gasteiger partial charge is 0.385 e. The number of hydrogen-bond acceptors (Lipinski definition) is 4. The maximum atomic E-state index is 13.4. The lowest BCUT2D eigenvalue weighted by Gasteiger charge is -2.06. The van der Waals surface area contributed by atoms with Gasteiger partial charge in [0.25, 0.3) is 0 Å². The number of hydrogen-bond donors (Lipinski definition) is 1. The van der Waals surface area contributed by atoms with E-state index in [1.165, 1.54) is 0 Å². The van der Waals surface area contributed by atoms with E-state index in [0.29, 0.717) is 19.2 Å². The zero-order valence-corrected chi connectivity index (χ0v) is 10.6. The Labute approximate surface area is 109 Å². The van der Waals surface area contributed by atoms with Gasteiger partial charge in [0.1, 0.15) is 5.82 Å². The fraction of sp³-hybridized carbons (Fsp3) is 0.500. The molecule has 0 unspecified atom stereocenters. The lowest BCUT2D eigenvalue weighted by Crippen LogP contribution is -2.16. The van der Waals surface area contributed by atoms with Gasteiger partial charge in [-0.3, -0.25) is 10.1 Å². The Kier molecular flexibility index (Phi) is 6.31. The molecule has 7 heteroatoms. The zero-order valence-electron chi connectivity index (χ0n) is 10.6. The Bertz CT molecular complexity index is 441. The van der Waals surface area contributed by atoms with E-state index in [2.05, 4.69) is 5.32 Å². The smallest absolute Gasteiger partial charge is 0.305 e. The van der Waals surface area contributed by atoms with Crippen LogP contribution >= 0.6 is 0 Å². The van der Waals surface area contributed by atoms with Gasteiger partial charge in [0.05, 0.1) is 4.92 Å². The molecule has 0 aromatic heterocycles. The molecule has 0 spiro atoms. The Morgan fingerprint density at radius 3 is 2.68 bits per heavy atom. The van der Waals surface area contributed by atoms with Crippen LogP contribution in [0.5, 0.6) is 0 Å². The summed E-state index contributed by atoms with van der Waals surface area (Å²) in [6, 6.07) is 1.47. The third-order valence-corrected chi connectivity index (χ3v) is 2.58. The molecule has 106 valence electrons. The normalized spacial score (nSPS) is 10.7. The fourth-order valence-electron chi connectivity index (χ4n) is 1.58. The van der Waals surface area contributed by atoms with Gasteiger partial charge >= 0.3 is 5.69 Å². The lowest BCUT2D eigenvalue weighted by molar-refractivity contribution is -0.387. The highest BCUT2D eigenvalue weighted by atomic mass is 19.1. The van der Waals surface area contributed by atoms with Crippen molar-refractivity contribution in [2.45, 2.75) is 19.4 Å². The van der Waals surface area contributed by atoms with Crippen LogP contribution in [-0.4, -0.2) is 25.2 Å². The van der Waals surface area contributed by atoms with Crippen molar-refractivity contribution in [2.24, 2.45) is 0 Å². The molecule has 0 saturated carbocycles. The van der Waals surface area contributed by atoms with E-state index in [4.69, 9.17) is 4.74 Å². The molecule has 1 N–H and O–H groups in total. The van der Waals surface area contributed by atoms with Gasteiger partial charge in [-0.05, 0) is 19.4 Å². The SMILES string of the molecule is COCCCCNCc1cc([N+](=O)[O-])c(F)cc1F. The first-order chi connectivity index (χ1) is 9.06. The number of nitro benzene ring substituents is 1. The standard InChI is InChI=1S/C12H16F2N2O3/c1-19-5-3-2-4-15-8-9-6-12(16(17)18)11(14)7-10(9)13/h6-7,15H,2-5,8H2,1H3. The number of ether oxygens (including phenoxy) is 1. The van der Waals surface area contributed by atoms with E-state index in [1.54, 1.807) is 7.11 Å². The molecule has 0 atom stereocenters. The topological polar surface area (TPSA) is 64.4 Å². The predicted molar refractivity (Wildman–Crippen MR) is 65.8 cm³/mol. The molecule has 0 bridgehead atoms. The second-order valence-electron chi connectivity index (χ2n) is 4.03. The van der Waals surface area contributed by atoms with Crippen molar-refractivity contribution in [1.29, 1.82) is 0 Å². The van der Waals surface area contributed by atoms with Crippen LogP contribution in [0.1, 0.15) is 18.4 Å². The van der Waals surface area contributed by atoms with Crippen LogP contribution in [0.2, 0.25) is 0 Å². The summed E-state index contributed by atoms with van der Waals surface area (Å²) in [7, 11) is 1.61. The van der Waals surface area contributed by atoms with Gasteiger partial charge in [0.15, 0.2) is 0 Å². The third-order valence-electron chi connectivity index (χ3n) is 2.58. The molecule has 0 heterocycles. The number of nitrogens with zero attached hydrogens (tertiary/aromatic N) is 1. The molecular formula is C12H16F2N2O3. The average molecular weight is 274 g/mol. The minimum absolute atomic E-state index is 0.0832. The zero-order chi connectivity index (χ0) is 14.3. The van der Waals surface area contributed by atoms with Crippen LogP contribution in [0.15, 0.2) is 12.1 Å². The van der Waals surface area contributed by atoms with Crippen LogP contribution in [0.25, 0.3) is 0 Å². The molecule has 1 aromatic rings. The van der Waals surface area contributed by atoms with Crippen molar-refractivity contribution < 1.29 is 18.4 Å². The number of halogens is 2. The summed E-state index contributed by atoms with van der Waals surface area (Å²) in [5, 5.41) is 13.5. The number of methoxy groups -OCH3 is 1. The molecule has 19 heavy (non-hydrogen) atoms. The maximum Gasteiger partial charge on any atom is 0.305 e. The Balaban J connectivity index is 2.53. The van der Waals surface area contributed by atoms with E-state index in [9.17, 15) is 18.9 Å². The van der Waals surface area contributed by atoms with Crippen molar-refractivity contribution in [1.82, 2.24) is 5.32 Å². The van der Waals surface area contributed by atoms with E-state index in [-0.39, 0.29) is 12.1 Å². The molecule has 1 aromatic carbocycles. The number of unbranched alkanes of at least 4 members (excludes halogenated alkanes) is 1. The second kappa shape index (κ2) is 7.75. The van der Waals surface area contributed by atoms with E-state index >= 15 is 0 Å². The fourth-order valence-corrected chi connectivity index (χ4v) is 1.58. The Morgan fingerprint density at radius 1 is 1.32 bits per heavy atom. The van der Waals surface area contributed by atoms with Crippen LogP contribution in [0, 0.1) is 21.7 Å². The van der Waals surface area contributed by atoms with Crippen LogP contribution in [0.4, 0.5) is 14.5 Å². The summed E-state index contributed by atoms with van der Waals surface area (Å²) in [6.07, 6.45) is 1.72. The van der Waals surface area contributed by atoms with Crippen molar-refractivity contribution in [2.75, 3.05) is 20.3 Å². The molecule has 0 fully saturated rings. The van der Waals surface area contributed by atoms with Gasteiger partial charge in [-0.15, -0.1) is 0 Å². The van der Waals surface area contributed by atoms with E-state index < -0.39 is 22.2 Å². The van der Waals surface area contributed by atoms with Crippen LogP contribution in [0.3, 0.4) is 0 Å². The van der Waals surface area contributed by atoms with Crippen LogP contribution < -0.4 is 5.32 Å². The molecule has 0 radical (unpaired) electrons. The molecular weight excluding hydrogens is 258 g/mol. The number of rotatable bonds is 8. The number of nitrogens with one attached hydrogen (secondary N) is 1. The number of benzene rings is 1. The molecule has 5 nitrogen and oxygen atoms in total. The second-order valence-corrected chi connectivity index (χ2v) is 4.03. The summed E-state index contributed by atoms with van der Waals surface area (Å²) in [5.41, 5.74) is -0.627. The summed E-state index contributed by atoms with van der Waals surface area (Å²) >= 11 is 0. The minimum Gasteiger partial charge on any atom is -0.385 e. The molecule has 0 amide bonds. The lowest BCUT2D eigenvalue weighted by atomic mass is 10.1. The van der Waals surface area contributed by atoms with Gasteiger partial charge in [-0.2, -0.15) is 4.39 Å². The first-order valence-electron chi connectivity index (χ1n) is 5.88. The Hall–Kier alpha value is -1.60. The van der Waals surface area contributed by atoms with Crippen molar-refractivity contribution in [3.63, 3.8) is 0 Å². The summed E-state index contributed by atoms with van der Waals surface area (Å²) in [6.45, 7) is 1.41.